The van der Waals surface area contributed by atoms with E-state index in [1.165, 1.54) is 11.1 Å². The van der Waals surface area contributed by atoms with Crippen LogP contribution in [0.3, 0.4) is 0 Å². The first kappa shape index (κ1) is 15.3. The standard InChI is InChI=1S/C18H22O4/c1-2-20-17(19)13-14-3-5-15(6-4-14)16-7-9-18(10-8-16)21-11-12-22-18/h3-7H,2,8-13H2,1H3. The number of carbonyl (C=O) groups excluding carboxylic acids is 1. The van der Waals surface area contributed by atoms with Gasteiger partial charge in [0.2, 0.25) is 0 Å². The van der Waals surface area contributed by atoms with Crippen molar-refractivity contribution < 1.29 is 19.0 Å². The maximum atomic E-state index is 11.5. The monoisotopic (exact) mass is 302 g/mol. The Balaban J connectivity index is 1.63. The molecule has 0 atom stereocenters. The fraction of sp³-hybridized carbons (Fsp3) is 0.500. The Bertz CT molecular complexity index is 553. The summed E-state index contributed by atoms with van der Waals surface area (Å²) in [5.41, 5.74) is 3.52. The molecule has 1 aliphatic heterocycles. The molecule has 1 aliphatic carbocycles. The molecular weight excluding hydrogens is 280 g/mol. The molecule has 0 unspecified atom stereocenters. The van der Waals surface area contributed by atoms with Gasteiger partial charge in [0.15, 0.2) is 5.79 Å². The molecule has 0 radical (unpaired) electrons. The van der Waals surface area contributed by atoms with Crippen LogP contribution >= 0.6 is 0 Å². The van der Waals surface area contributed by atoms with Crippen LogP contribution < -0.4 is 0 Å². The van der Waals surface area contributed by atoms with Crippen LogP contribution in [0, 0.1) is 0 Å². The molecule has 0 N–H and O–H groups in total. The van der Waals surface area contributed by atoms with Crippen LogP contribution in [0.15, 0.2) is 30.3 Å². The summed E-state index contributed by atoms with van der Waals surface area (Å²) in [6.45, 7) is 3.65. The van der Waals surface area contributed by atoms with E-state index in [9.17, 15) is 4.79 Å². The van der Waals surface area contributed by atoms with E-state index in [2.05, 4.69) is 18.2 Å². The van der Waals surface area contributed by atoms with E-state index in [4.69, 9.17) is 14.2 Å². The van der Waals surface area contributed by atoms with E-state index in [1.807, 2.05) is 19.1 Å². The Hall–Kier alpha value is -1.65. The molecule has 3 rings (SSSR count). The van der Waals surface area contributed by atoms with Gasteiger partial charge in [0.1, 0.15) is 0 Å². The minimum absolute atomic E-state index is 0.176. The zero-order chi connectivity index (χ0) is 15.4. The van der Waals surface area contributed by atoms with Crippen LogP contribution in [-0.4, -0.2) is 31.6 Å². The van der Waals surface area contributed by atoms with Gasteiger partial charge in [-0.25, -0.2) is 0 Å². The lowest BCUT2D eigenvalue weighted by atomic mass is 9.89. The van der Waals surface area contributed by atoms with Gasteiger partial charge < -0.3 is 14.2 Å². The molecule has 0 aromatic heterocycles. The van der Waals surface area contributed by atoms with Crippen molar-refractivity contribution >= 4 is 11.5 Å². The van der Waals surface area contributed by atoms with Gasteiger partial charge >= 0.3 is 5.97 Å². The molecule has 1 heterocycles. The van der Waals surface area contributed by atoms with Crippen molar-refractivity contribution in [1.29, 1.82) is 0 Å². The molecule has 0 saturated carbocycles. The number of hydrogen-bond donors (Lipinski definition) is 0. The van der Waals surface area contributed by atoms with Gasteiger partial charge in [-0.05, 0) is 30.0 Å². The van der Waals surface area contributed by atoms with Crippen LogP contribution in [-0.2, 0) is 25.4 Å². The molecular formula is C18H22O4. The minimum atomic E-state index is -0.368. The van der Waals surface area contributed by atoms with Crippen molar-refractivity contribution in [3.63, 3.8) is 0 Å². The molecule has 22 heavy (non-hydrogen) atoms. The topological polar surface area (TPSA) is 44.8 Å². The summed E-state index contributed by atoms with van der Waals surface area (Å²) >= 11 is 0. The first-order chi connectivity index (χ1) is 10.7. The third-order valence-corrected chi connectivity index (χ3v) is 4.23. The summed E-state index contributed by atoms with van der Waals surface area (Å²) in [5.74, 6) is -0.544. The zero-order valence-corrected chi connectivity index (χ0v) is 13.0. The van der Waals surface area contributed by atoms with Gasteiger partial charge in [-0.3, -0.25) is 4.79 Å². The van der Waals surface area contributed by atoms with E-state index < -0.39 is 0 Å². The predicted molar refractivity (Wildman–Crippen MR) is 83.2 cm³/mol. The minimum Gasteiger partial charge on any atom is -0.466 e. The Kier molecular flexibility index (Phi) is 4.60. The number of rotatable bonds is 4. The molecule has 1 fully saturated rings. The lowest BCUT2D eigenvalue weighted by molar-refractivity contribution is -0.159. The van der Waals surface area contributed by atoms with Gasteiger partial charge in [0.25, 0.3) is 0 Å². The fourth-order valence-electron chi connectivity index (χ4n) is 3.04. The molecule has 118 valence electrons. The van der Waals surface area contributed by atoms with E-state index in [0.29, 0.717) is 26.2 Å². The second-order valence-corrected chi connectivity index (χ2v) is 5.72. The molecule has 0 bridgehead atoms. The normalized spacial score (nSPS) is 20.0. The SMILES string of the molecule is CCOC(=O)Cc1ccc(C2=CCC3(CC2)OCCO3)cc1. The molecule has 4 nitrogen and oxygen atoms in total. The van der Waals surface area contributed by atoms with Gasteiger partial charge in [0, 0.05) is 12.8 Å². The quantitative estimate of drug-likeness (QED) is 0.802. The smallest absolute Gasteiger partial charge is 0.310 e. The molecule has 1 aromatic carbocycles. The summed E-state index contributed by atoms with van der Waals surface area (Å²) in [4.78, 5) is 11.5. The molecule has 1 spiro atoms. The third-order valence-electron chi connectivity index (χ3n) is 4.23. The van der Waals surface area contributed by atoms with Crippen LogP contribution in [0.25, 0.3) is 5.57 Å². The maximum absolute atomic E-state index is 11.5. The molecule has 1 saturated heterocycles. The third kappa shape index (κ3) is 3.39. The van der Waals surface area contributed by atoms with Crippen molar-refractivity contribution in [2.45, 2.75) is 38.4 Å². The lowest BCUT2D eigenvalue weighted by Gasteiger charge is -2.30. The summed E-state index contributed by atoms with van der Waals surface area (Å²) in [7, 11) is 0. The number of allylic oxidation sites excluding steroid dienone is 1. The Labute approximate surface area is 131 Å². The number of ether oxygens (including phenoxy) is 3. The first-order valence-corrected chi connectivity index (χ1v) is 7.93. The average Bonchev–Trinajstić information content (AvgIpc) is 2.97. The van der Waals surface area contributed by atoms with Gasteiger partial charge in [-0.2, -0.15) is 0 Å². The van der Waals surface area contributed by atoms with E-state index in [0.717, 1.165) is 24.8 Å². The highest BCUT2D eigenvalue weighted by Gasteiger charge is 2.37. The van der Waals surface area contributed by atoms with Gasteiger partial charge in [-0.15, -0.1) is 0 Å². The highest BCUT2D eigenvalue weighted by molar-refractivity contribution is 5.73. The number of carbonyl (C=O) groups is 1. The summed E-state index contributed by atoms with van der Waals surface area (Å²) in [5, 5.41) is 0. The van der Waals surface area contributed by atoms with Gasteiger partial charge in [-0.1, -0.05) is 30.3 Å². The Morgan fingerprint density at radius 3 is 2.55 bits per heavy atom. The molecule has 0 amide bonds. The van der Waals surface area contributed by atoms with Crippen molar-refractivity contribution in [2.24, 2.45) is 0 Å². The van der Waals surface area contributed by atoms with Crippen molar-refractivity contribution in [2.75, 3.05) is 19.8 Å². The summed E-state index contributed by atoms with van der Waals surface area (Å²) in [6, 6.07) is 8.16. The van der Waals surface area contributed by atoms with E-state index in [-0.39, 0.29) is 11.8 Å². The van der Waals surface area contributed by atoms with Gasteiger partial charge in [0.05, 0.1) is 26.2 Å². The van der Waals surface area contributed by atoms with E-state index >= 15 is 0 Å². The van der Waals surface area contributed by atoms with Crippen molar-refractivity contribution in [1.82, 2.24) is 0 Å². The largest absolute Gasteiger partial charge is 0.466 e. The number of benzene rings is 1. The summed E-state index contributed by atoms with van der Waals surface area (Å²) in [6.07, 6.45) is 5.22. The number of esters is 1. The van der Waals surface area contributed by atoms with Crippen molar-refractivity contribution in [3.8, 4) is 0 Å². The lowest BCUT2D eigenvalue weighted by Crippen LogP contribution is -2.31. The first-order valence-electron chi connectivity index (χ1n) is 7.93. The second-order valence-electron chi connectivity index (χ2n) is 5.72. The Morgan fingerprint density at radius 2 is 1.95 bits per heavy atom. The van der Waals surface area contributed by atoms with E-state index in [1.54, 1.807) is 0 Å². The van der Waals surface area contributed by atoms with Crippen LogP contribution in [0.5, 0.6) is 0 Å². The average molecular weight is 302 g/mol. The fourth-order valence-corrected chi connectivity index (χ4v) is 3.04. The van der Waals surface area contributed by atoms with Crippen LogP contribution in [0.2, 0.25) is 0 Å². The predicted octanol–water partition coefficient (Wildman–Crippen LogP) is 3.10. The van der Waals surface area contributed by atoms with Crippen LogP contribution in [0.4, 0.5) is 0 Å². The van der Waals surface area contributed by atoms with Crippen LogP contribution in [0.1, 0.15) is 37.3 Å². The number of hydrogen-bond acceptors (Lipinski definition) is 4. The van der Waals surface area contributed by atoms with Crippen molar-refractivity contribution in [3.05, 3.63) is 41.5 Å². The molecule has 4 heteroatoms. The highest BCUT2D eigenvalue weighted by atomic mass is 16.7. The summed E-state index contributed by atoms with van der Waals surface area (Å²) < 4.78 is 16.4. The second kappa shape index (κ2) is 6.63. The molecule has 1 aromatic rings. The molecule has 2 aliphatic rings. The zero-order valence-electron chi connectivity index (χ0n) is 13.0. The Morgan fingerprint density at radius 1 is 1.23 bits per heavy atom. The maximum Gasteiger partial charge on any atom is 0.310 e. The highest BCUT2D eigenvalue weighted by Crippen LogP contribution is 2.38.